The average molecular weight is 293 g/mol. The second-order valence-corrected chi connectivity index (χ2v) is 4.92. The zero-order valence-corrected chi connectivity index (χ0v) is 12.2. The lowest BCUT2D eigenvalue weighted by atomic mass is 10.3. The van der Waals surface area contributed by atoms with Crippen molar-refractivity contribution in [1.29, 1.82) is 0 Å². The molecule has 0 aromatic heterocycles. The van der Waals surface area contributed by atoms with E-state index in [9.17, 15) is 5.11 Å². The average Bonchev–Trinajstić information content (AvgIpc) is 2.52. The van der Waals surface area contributed by atoms with Crippen LogP contribution in [0.5, 0.6) is 11.5 Å². The van der Waals surface area contributed by atoms with Gasteiger partial charge in [-0.1, -0.05) is 24.8 Å². The van der Waals surface area contributed by atoms with E-state index in [1.54, 1.807) is 6.08 Å². The highest BCUT2D eigenvalue weighted by Gasteiger charge is 2.16. The fourth-order valence-corrected chi connectivity index (χ4v) is 2.16. The standard InChI is InChI=1S/C16H23NO4/c1-2-9-20-15-5-3-4-6-16(15)21-13-14(18)12-17-7-10-19-11-8-17/h2-6,14,18H,1,7-13H2. The zero-order chi connectivity index (χ0) is 14.9. The summed E-state index contributed by atoms with van der Waals surface area (Å²) in [6.45, 7) is 8.06. The highest BCUT2D eigenvalue weighted by molar-refractivity contribution is 5.39. The number of rotatable bonds is 8. The minimum absolute atomic E-state index is 0.242. The van der Waals surface area contributed by atoms with Gasteiger partial charge in [-0.15, -0.1) is 0 Å². The number of hydrogen-bond acceptors (Lipinski definition) is 5. The lowest BCUT2D eigenvalue weighted by Crippen LogP contribution is -2.42. The molecule has 1 saturated heterocycles. The van der Waals surface area contributed by atoms with E-state index in [0.29, 0.717) is 24.7 Å². The molecule has 1 unspecified atom stereocenters. The van der Waals surface area contributed by atoms with E-state index in [4.69, 9.17) is 14.2 Å². The van der Waals surface area contributed by atoms with Gasteiger partial charge in [0.25, 0.3) is 0 Å². The number of nitrogens with zero attached hydrogens (tertiary/aromatic N) is 1. The number of β-amino-alcohol motifs (C(OH)–C–C–N with tert-alkyl or cyclic N) is 1. The van der Waals surface area contributed by atoms with Crippen molar-refractivity contribution in [2.24, 2.45) is 0 Å². The smallest absolute Gasteiger partial charge is 0.161 e. The Labute approximate surface area is 125 Å². The van der Waals surface area contributed by atoms with E-state index < -0.39 is 6.10 Å². The molecule has 0 bridgehead atoms. The molecule has 0 saturated carbocycles. The number of aliphatic hydroxyl groups excluding tert-OH is 1. The molecule has 21 heavy (non-hydrogen) atoms. The summed E-state index contributed by atoms with van der Waals surface area (Å²) < 4.78 is 16.5. The molecule has 0 radical (unpaired) electrons. The summed E-state index contributed by atoms with van der Waals surface area (Å²) >= 11 is 0. The van der Waals surface area contributed by atoms with Gasteiger partial charge >= 0.3 is 0 Å². The third kappa shape index (κ3) is 5.38. The predicted molar refractivity (Wildman–Crippen MR) is 80.9 cm³/mol. The SMILES string of the molecule is C=CCOc1ccccc1OCC(O)CN1CCOCC1. The molecule has 1 atom stereocenters. The summed E-state index contributed by atoms with van der Waals surface area (Å²) in [5.41, 5.74) is 0. The van der Waals surface area contributed by atoms with Crippen molar-refractivity contribution >= 4 is 0 Å². The van der Waals surface area contributed by atoms with E-state index >= 15 is 0 Å². The number of aliphatic hydroxyl groups is 1. The molecule has 1 fully saturated rings. The van der Waals surface area contributed by atoms with Crippen LogP contribution < -0.4 is 9.47 Å². The molecule has 0 spiro atoms. The van der Waals surface area contributed by atoms with Gasteiger partial charge in [-0.05, 0) is 12.1 Å². The van der Waals surface area contributed by atoms with E-state index in [0.717, 1.165) is 26.3 Å². The van der Waals surface area contributed by atoms with Gasteiger partial charge in [0.05, 0.1) is 13.2 Å². The maximum atomic E-state index is 10.1. The number of para-hydroxylation sites is 2. The van der Waals surface area contributed by atoms with Crippen LogP contribution >= 0.6 is 0 Å². The summed E-state index contributed by atoms with van der Waals surface area (Å²) in [7, 11) is 0. The van der Waals surface area contributed by atoms with E-state index in [1.807, 2.05) is 24.3 Å². The van der Waals surface area contributed by atoms with Crippen LogP contribution in [-0.4, -0.2) is 62.2 Å². The maximum absolute atomic E-state index is 10.1. The van der Waals surface area contributed by atoms with E-state index in [1.165, 1.54) is 0 Å². The number of morpholine rings is 1. The Bertz CT molecular complexity index is 432. The van der Waals surface area contributed by atoms with E-state index in [-0.39, 0.29) is 6.61 Å². The van der Waals surface area contributed by atoms with Crippen molar-refractivity contribution in [3.63, 3.8) is 0 Å². The molecule has 1 aromatic rings. The van der Waals surface area contributed by atoms with E-state index in [2.05, 4.69) is 11.5 Å². The third-order valence-electron chi connectivity index (χ3n) is 3.21. The quantitative estimate of drug-likeness (QED) is 0.733. The van der Waals surface area contributed by atoms with Crippen molar-refractivity contribution in [3.05, 3.63) is 36.9 Å². The molecular formula is C16H23NO4. The lowest BCUT2D eigenvalue weighted by molar-refractivity contribution is 0.00443. The van der Waals surface area contributed by atoms with Gasteiger partial charge in [0.15, 0.2) is 11.5 Å². The molecule has 116 valence electrons. The van der Waals surface area contributed by atoms with Crippen molar-refractivity contribution < 1.29 is 19.3 Å². The molecular weight excluding hydrogens is 270 g/mol. The molecule has 5 heteroatoms. The van der Waals surface area contributed by atoms with Crippen LogP contribution in [0.3, 0.4) is 0 Å². The summed E-state index contributed by atoms with van der Waals surface area (Å²) in [5.74, 6) is 1.30. The normalized spacial score (nSPS) is 17.2. The van der Waals surface area contributed by atoms with Crippen molar-refractivity contribution in [1.82, 2.24) is 4.90 Å². The van der Waals surface area contributed by atoms with Crippen molar-refractivity contribution in [3.8, 4) is 11.5 Å². The molecule has 1 aliphatic rings. The first-order chi connectivity index (χ1) is 10.3. The van der Waals surface area contributed by atoms with Gasteiger partial charge in [0.2, 0.25) is 0 Å². The molecule has 5 nitrogen and oxygen atoms in total. The van der Waals surface area contributed by atoms with Gasteiger partial charge in [0.1, 0.15) is 19.3 Å². The first-order valence-corrected chi connectivity index (χ1v) is 7.23. The first kappa shape index (κ1) is 15.8. The van der Waals surface area contributed by atoms with Crippen LogP contribution in [-0.2, 0) is 4.74 Å². The number of ether oxygens (including phenoxy) is 3. The lowest BCUT2D eigenvalue weighted by Gasteiger charge is -2.28. The fourth-order valence-electron chi connectivity index (χ4n) is 2.16. The minimum Gasteiger partial charge on any atom is -0.487 e. The fraction of sp³-hybridized carbons (Fsp3) is 0.500. The van der Waals surface area contributed by atoms with Crippen LogP contribution in [0.2, 0.25) is 0 Å². The van der Waals surface area contributed by atoms with Crippen LogP contribution in [0.4, 0.5) is 0 Å². The summed E-state index contributed by atoms with van der Waals surface area (Å²) in [4.78, 5) is 2.18. The topological polar surface area (TPSA) is 51.2 Å². The second kappa shape index (κ2) is 8.67. The highest BCUT2D eigenvalue weighted by atomic mass is 16.5. The second-order valence-electron chi connectivity index (χ2n) is 4.92. The van der Waals surface area contributed by atoms with Crippen LogP contribution in [0, 0.1) is 0 Å². The third-order valence-corrected chi connectivity index (χ3v) is 3.21. The van der Waals surface area contributed by atoms with Crippen LogP contribution in [0.1, 0.15) is 0 Å². The molecule has 1 heterocycles. The summed E-state index contributed by atoms with van der Waals surface area (Å²) in [5, 5.41) is 10.1. The summed E-state index contributed by atoms with van der Waals surface area (Å²) in [6, 6.07) is 7.44. The van der Waals surface area contributed by atoms with Crippen molar-refractivity contribution in [2.75, 3.05) is 46.1 Å². The monoisotopic (exact) mass is 293 g/mol. The van der Waals surface area contributed by atoms with Gasteiger partial charge in [-0.25, -0.2) is 0 Å². The largest absolute Gasteiger partial charge is 0.487 e. The van der Waals surface area contributed by atoms with Crippen molar-refractivity contribution in [2.45, 2.75) is 6.10 Å². The van der Waals surface area contributed by atoms with Gasteiger partial charge in [-0.2, -0.15) is 0 Å². The zero-order valence-electron chi connectivity index (χ0n) is 12.2. The number of benzene rings is 1. The Hall–Kier alpha value is -1.56. The minimum atomic E-state index is -0.532. The maximum Gasteiger partial charge on any atom is 0.161 e. The predicted octanol–water partition coefficient (Wildman–Crippen LogP) is 1.32. The molecule has 0 aliphatic carbocycles. The first-order valence-electron chi connectivity index (χ1n) is 7.23. The molecule has 2 rings (SSSR count). The molecule has 1 N–H and O–H groups in total. The van der Waals surface area contributed by atoms with Gasteiger partial charge in [-0.3, -0.25) is 4.90 Å². The highest BCUT2D eigenvalue weighted by Crippen LogP contribution is 2.26. The van der Waals surface area contributed by atoms with Crippen LogP contribution in [0.25, 0.3) is 0 Å². The molecule has 1 aliphatic heterocycles. The Morgan fingerprint density at radius 1 is 1.24 bits per heavy atom. The molecule has 0 amide bonds. The number of hydrogen-bond donors (Lipinski definition) is 1. The van der Waals surface area contributed by atoms with Gasteiger partial charge < -0.3 is 19.3 Å². The Morgan fingerprint density at radius 3 is 2.57 bits per heavy atom. The Kier molecular flexibility index (Phi) is 6.53. The molecule has 1 aromatic carbocycles. The van der Waals surface area contributed by atoms with Crippen LogP contribution in [0.15, 0.2) is 36.9 Å². The summed E-state index contributed by atoms with van der Waals surface area (Å²) in [6.07, 6.45) is 1.15. The Balaban J connectivity index is 1.79. The van der Waals surface area contributed by atoms with Gasteiger partial charge in [0, 0.05) is 19.6 Å². The Morgan fingerprint density at radius 2 is 1.90 bits per heavy atom.